The third-order valence-corrected chi connectivity index (χ3v) is 1.93. The lowest BCUT2D eigenvalue weighted by molar-refractivity contribution is 0.252. The minimum absolute atomic E-state index is 0.318. The van der Waals surface area contributed by atoms with E-state index in [4.69, 9.17) is 0 Å². The van der Waals surface area contributed by atoms with E-state index < -0.39 is 0 Å². The average molecular weight is 219 g/mol. The fourth-order valence-corrected chi connectivity index (χ4v) is 1.11. The zero-order valence-electron chi connectivity index (χ0n) is 9.82. The normalized spacial score (nSPS) is 10.8. The first-order valence-corrected chi connectivity index (χ1v) is 5.25. The van der Waals surface area contributed by atoms with Crippen LogP contribution in [-0.2, 0) is 0 Å². The number of carbonyl (C=O) groups is 1. The Hall–Kier alpha value is -1.84. The van der Waals surface area contributed by atoms with Crippen LogP contribution in [0.3, 0.4) is 0 Å². The Morgan fingerprint density at radius 3 is 2.69 bits per heavy atom. The van der Waals surface area contributed by atoms with Gasteiger partial charge >= 0.3 is 6.03 Å². The van der Waals surface area contributed by atoms with Gasteiger partial charge in [0, 0.05) is 11.9 Å². The lowest BCUT2D eigenvalue weighted by Gasteiger charge is -2.06. The van der Waals surface area contributed by atoms with Crippen LogP contribution in [0.2, 0.25) is 0 Å². The summed E-state index contributed by atoms with van der Waals surface area (Å²) in [5.74, 6) is 0.318. The molecular formula is C12H17N3O. The molecule has 1 rings (SSSR count). The molecule has 0 saturated heterocycles. The Kier molecular flexibility index (Phi) is 4.51. The van der Waals surface area contributed by atoms with Gasteiger partial charge in [-0.25, -0.2) is 10.2 Å². The number of urea groups is 1. The topological polar surface area (TPSA) is 53.5 Å². The van der Waals surface area contributed by atoms with E-state index in [1.54, 1.807) is 6.21 Å². The van der Waals surface area contributed by atoms with Crippen LogP contribution >= 0.6 is 0 Å². The molecule has 0 aromatic heterocycles. The Balaban J connectivity index is 2.49. The molecule has 0 heterocycles. The van der Waals surface area contributed by atoms with Gasteiger partial charge in [0.05, 0.1) is 0 Å². The summed E-state index contributed by atoms with van der Waals surface area (Å²) in [6.07, 6.45) is 1.68. The molecule has 0 atom stereocenters. The van der Waals surface area contributed by atoms with Crippen LogP contribution < -0.4 is 10.7 Å². The minimum Gasteiger partial charge on any atom is -0.306 e. The number of amides is 2. The number of nitrogens with one attached hydrogen (secondary N) is 2. The summed E-state index contributed by atoms with van der Waals surface area (Å²) in [6.45, 7) is 5.92. The number of anilines is 1. The second-order valence-electron chi connectivity index (χ2n) is 3.90. The summed E-state index contributed by atoms with van der Waals surface area (Å²) in [5, 5.41) is 6.53. The van der Waals surface area contributed by atoms with Crippen molar-refractivity contribution in [2.45, 2.75) is 20.8 Å². The van der Waals surface area contributed by atoms with Crippen molar-refractivity contribution in [2.75, 3.05) is 5.32 Å². The van der Waals surface area contributed by atoms with Gasteiger partial charge < -0.3 is 5.32 Å². The minimum atomic E-state index is -0.328. The highest BCUT2D eigenvalue weighted by atomic mass is 16.2. The van der Waals surface area contributed by atoms with Crippen molar-refractivity contribution in [3.8, 4) is 0 Å². The largest absolute Gasteiger partial charge is 0.339 e. The van der Waals surface area contributed by atoms with Crippen LogP contribution in [-0.4, -0.2) is 12.2 Å². The van der Waals surface area contributed by atoms with Crippen LogP contribution in [0, 0.1) is 12.8 Å². The maximum atomic E-state index is 11.4. The van der Waals surface area contributed by atoms with Crippen molar-refractivity contribution in [1.29, 1.82) is 0 Å². The monoisotopic (exact) mass is 219 g/mol. The molecule has 0 fully saturated rings. The van der Waals surface area contributed by atoms with Crippen LogP contribution in [0.4, 0.5) is 10.5 Å². The van der Waals surface area contributed by atoms with Gasteiger partial charge in [-0.3, -0.25) is 0 Å². The summed E-state index contributed by atoms with van der Waals surface area (Å²) < 4.78 is 0. The third-order valence-electron chi connectivity index (χ3n) is 1.93. The van der Waals surface area contributed by atoms with E-state index in [0.717, 1.165) is 11.3 Å². The summed E-state index contributed by atoms with van der Waals surface area (Å²) in [5.41, 5.74) is 4.22. The number of aryl methyl sites for hydroxylation is 1. The van der Waals surface area contributed by atoms with Gasteiger partial charge in [-0.05, 0) is 24.5 Å². The van der Waals surface area contributed by atoms with Gasteiger partial charge in [0.2, 0.25) is 0 Å². The molecule has 4 nitrogen and oxygen atoms in total. The molecule has 0 unspecified atom stereocenters. The van der Waals surface area contributed by atoms with Gasteiger partial charge in [0.25, 0.3) is 0 Å². The van der Waals surface area contributed by atoms with Crippen molar-refractivity contribution in [3.05, 3.63) is 29.8 Å². The number of hydrazone groups is 1. The van der Waals surface area contributed by atoms with Crippen molar-refractivity contribution < 1.29 is 4.79 Å². The maximum Gasteiger partial charge on any atom is 0.339 e. The Morgan fingerprint density at radius 2 is 2.06 bits per heavy atom. The Labute approximate surface area is 95.7 Å². The quantitative estimate of drug-likeness (QED) is 0.596. The lowest BCUT2D eigenvalue weighted by Crippen LogP contribution is -2.24. The number of nitrogens with zero attached hydrogens (tertiary/aromatic N) is 1. The van der Waals surface area contributed by atoms with E-state index in [1.165, 1.54) is 0 Å². The summed E-state index contributed by atoms with van der Waals surface area (Å²) in [4.78, 5) is 11.4. The van der Waals surface area contributed by atoms with Crippen LogP contribution in [0.5, 0.6) is 0 Å². The summed E-state index contributed by atoms with van der Waals surface area (Å²) in [6, 6.07) is 7.26. The highest BCUT2D eigenvalue weighted by Crippen LogP contribution is 2.12. The standard InChI is InChI=1S/C12H17N3O/c1-9(2)8-13-15-12(16)14-11-7-5-4-6-10(11)3/h4-9H,1-3H3,(H2,14,15,16)/b13-8+. The molecule has 0 bridgehead atoms. The molecule has 1 aromatic rings. The summed E-state index contributed by atoms with van der Waals surface area (Å²) in [7, 11) is 0. The van der Waals surface area contributed by atoms with Crippen molar-refractivity contribution >= 4 is 17.9 Å². The molecule has 0 radical (unpaired) electrons. The average Bonchev–Trinajstić information content (AvgIpc) is 2.21. The molecule has 16 heavy (non-hydrogen) atoms. The number of rotatable bonds is 3. The molecule has 0 aliphatic carbocycles. The first-order chi connectivity index (χ1) is 7.59. The maximum absolute atomic E-state index is 11.4. The highest BCUT2D eigenvalue weighted by Gasteiger charge is 2.01. The first kappa shape index (κ1) is 12.2. The highest BCUT2D eigenvalue weighted by molar-refractivity contribution is 5.90. The van der Waals surface area contributed by atoms with E-state index in [1.807, 2.05) is 45.0 Å². The molecule has 0 spiro atoms. The predicted molar refractivity (Wildman–Crippen MR) is 66.7 cm³/mol. The van der Waals surface area contributed by atoms with E-state index in [-0.39, 0.29) is 6.03 Å². The zero-order chi connectivity index (χ0) is 12.0. The molecule has 0 aliphatic heterocycles. The molecule has 0 aliphatic rings. The Bertz CT molecular complexity index is 386. The molecule has 2 N–H and O–H groups in total. The fourth-order valence-electron chi connectivity index (χ4n) is 1.11. The van der Waals surface area contributed by atoms with Crippen molar-refractivity contribution in [2.24, 2.45) is 11.0 Å². The van der Waals surface area contributed by atoms with Crippen molar-refractivity contribution in [1.82, 2.24) is 5.43 Å². The molecule has 2 amide bonds. The number of benzene rings is 1. The van der Waals surface area contributed by atoms with Gasteiger partial charge in [-0.15, -0.1) is 0 Å². The second kappa shape index (κ2) is 5.90. The van der Waals surface area contributed by atoms with Crippen molar-refractivity contribution in [3.63, 3.8) is 0 Å². The smallest absolute Gasteiger partial charge is 0.306 e. The van der Waals surface area contributed by atoms with E-state index in [2.05, 4.69) is 15.8 Å². The first-order valence-electron chi connectivity index (χ1n) is 5.25. The number of para-hydroxylation sites is 1. The van der Waals surface area contributed by atoms with Crippen LogP contribution in [0.25, 0.3) is 0 Å². The SMILES string of the molecule is Cc1ccccc1NC(=O)N/N=C/C(C)C. The third kappa shape index (κ3) is 4.13. The van der Waals surface area contributed by atoms with Gasteiger partial charge in [-0.1, -0.05) is 32.0 Å². The van der Waals surface area contributed by atoms with E-state index in [0.29, 0.717) is 5.92 Å². The van der Waals surface area contributed by atoms with Gasteiger partial charge in [0.15, 0.2) is 0 Å². The molecule has 0 saturated carbocycles. The van der Waals surface area contributed by atoms with Gasteiger partial charge in [0.1, 0.15) is 0 Å². The van der Waals surface area contributed by atoms with Gasteiger partial charge in [-0.2, -0.15) is 5.10 Å². The van der Waals surface area contributed by atoms with Crippen LogP contribution in [0.15, 0.2) is 29.4 Å². The zero-order valence-corrected chi connectivity index (χ0v) is 9.82. The molecule has 4 heteroatoms. The van der Waals surface area contributed by atoms with E-state index in [9.17, 15) is 4.79 Å². The molecule has 86 valence electrons. The Morgan fingerprint density at radius 1 is 1.38 bits per heavy atom. The predicted octanol–water partition coefficient (Wildman–Crippen LogP) is 2.76. The number of hydrogen-bond acceptors (Lipinski definition) is 2. The number of hydrogen-bond donors (Lipinski definition) is 2. The molecule has 1 aromatic carbocycles. The molecular weight excluding hydrogens is 202 g/mol. The van der Waals surface area contributed by atoms with Crippen LogP contribution in [0.1, 0.15) is 19.4 Å². The summed E-state index contributed by atoms with van der Waals surface area (Å²) >= 11 is 0. The number of carbonyl (C=O) groups excluding carboxylic acids is 1. The fraction of sp³-hybridized carbons (Fsp3) is 0.333. The second-order valence-corrected chi connectivity index (χ2v) is 3.90. The van der Waals surface area contributed by atoms with E-state index >= 15 is 0 Å². The lowest BCUT2D eigenvalue weighted by atomic mass is 10.2.